The van der Waals surface area contributed by atoms with E-state index < -0.39 is 0 Å². The second kappa shape index (κ2) is 4.37. The van der Waals surface area contributed by atoms with Gasteiger partial charge in [-0.1, -0.05) is 11.6 Å². The number of halogens is 1. The van der Waals surface area contributed by atoms with Crippen LogP contribution in [0.1, 0.15) is 5.89 Å². The van der Waals surface area contributed by atoms with Crippen molar-refractivity contribution in [3.63, 3.8) is 0 Å². The molecule has 0 fully saturated rings. The lowest BCUT2D eigenvalue weighted by Crippen LogP contribution is -1.85. The van der Waals surface area contributed by atoms with E-state index in [9.17, 15) is 0 Å². The fourth-order valence-electron chi connectivity index (χ4n) is 1.05. The zero-order chi connectivity index (χ0) is 10.7. The number of hydrogen-bond donors (Lipinski definition) is 0. The van der Waals surface area contributed by atoms with Crippen molar-refractivity contribution >= 4 is 11.6 Å². The Hall–Kier alpha value is -1.46. The summed E-state index contributed by atoms with van der Waals surface area (Å²) in [6.45, 7) is 0.300. The van der Waals surface area contributed by atoms with Crippen LogP contribution < -0.4 is 0 Å². The molecule has 0 saturated heterocycles. The zero-order valence-electron chi connectivity index (χ0n) is 7.98. The van der Waals surface area contributed by atoms with Gasteiger partial charge in [0.2, 0.25) is 11.8 Å². The molecule has 78 valence electrons. The Balaban J connectivity index is 2.25. The van der Waals surface area contributed by atoms with Crippen LogP contribution in [0.2, 0.25) is 5.15 Å². The van der Waals surface area contributed by atoms with Gasteiger partial charge in [0.15, 0.2) is 0 Å². The van der Waals surface area contributed by atoms with Crippen molar-refractivity contribution in [2.75, 3.05) is 7.11 Å². The molecule has 0 unspecified atom stereocenters. The van der Waals surface area contributed by atoms with Crippen LogP contribution in [0.5, 0.6) is 0 Å². The average molecular weight is 226 g/mol. The maximum atomic E-state index is 5.66. The first-order valence-corrected chi connectivity index (χ1v) is 4.60. The molecule has 0 bridgehead atoms. The Labute approximate surface area is 91.1 Å². The summed E-state index contributed by atoms with van der Waals surface area (Å²) in [5.41, 5.74) is 0.731. The van der Waals surface area contributed by atoms with Gasteiger partial charge in [-0.05, 0) is 12.1 Å². The summed E-state index contributed by atoms with van der Waals surface area (Å²) in [5.74, 6) is 0.841. The first kappa shape index (κ1) is 10.1. The van der Waals surface area contributed by atoms with Gasteiger partial charge in [0.1, 0.15) is 11.8 Å². The first-order chi connectivity index (χ1) is 7.29. The van der Waals surface area contributed by atoms with E-state index in [1.807, 2.05) is 0 Å². The van der Waals surface area contributed by atoms with Crippen molar-refractivity contribution in [2.24, 2.45) is 0 Å². The van der Waals surface area contributed by atoms with Crippen molar-refractivity contribution in [2.45, 2.75) is 6.61 Å². The highest BCUT2D eigenvalue weighted by Gasteiger charge is 2.08. The van der Waals surface area contributed by atoms with Crippen LogP contribution in [0.3, 0.4) is 0 Å². The van der Waals surface area contributed by atoms with E-state index in [2.05, 4.69) is 15.2 Å². The van der Waals surface area contributed by atoms with Crippen molar-refractivity contribution in [3.05, 3.63) is 29.4 Å². The fourth-order valence-corrected chi connectivity index (χ4v) is 1.17. The van der Waals surface area contributed by atoms with Gasteiger partial charge in [0, 0.05) is 13.3 Å². The molecule has 0 aliphatic carbocycles. The van der Waals surface area contributed by atoms with E-state index in [0.717, 1.165) is 5.56 Å². The Kier molecular flexibility index (Phi) is 2.94. The standard InChI is InChI=1S/C9H8ClN3O2/c1-14-5-8-12-13-9(15-8)6-2-3-7(10)11-4-6/h2-4H,5H2,1H3. The molecule has 0 N–H and O–H groups in total. The van der Waals surface area contributed by atoms with Gasteiger partial charge in [-0.2, -0.15) is 0 Å². The number of nitrogens with zero attached hydrogens (tertiary/aromatic N) is 3. The van der Waals surface area contributed by atoms with Gasteiger partial charge >= 0.3 is 0 Å². The van der Waals surface area contributed by atoms with Gasteiger partial charge in [0.05, 0.1) is 5.56 Å². The van der Waals surface area contributed by atoms with Gasteiger partial charge in [0.25, 0.3) is 0 Å². The van der Waals surface area contributed by atoms with Gasteiger partial charge in [-0.3, -0.25) is 0 Å². The lowest BCUT2D eigenvalue weighted by atomic mass is 10.3. The first-order valence-electron chi connectivity index (χ1n) is 4.23. The molecule has 15 heavy (non-hydrogen) atoms. The second-order valence-electron chi connectivity index (χ2n) is 2.80. The summed E-state index contributed by atoms with van der Waals surface area (Å²) < 4.78 is 10.2. The van der Waals surface area contributed by atoms with Crippen LogP contribution >= 0.6 is 11.6 Å². The lowest BCUT2D eigenvalue weighted by molar-refractivity contribution is 0.160. The van der Waals surface area contributed by atoms with Gasteiger partial charge in [-0.25, -0.2) is 4.98 Å². The average Bonchev–Trinajstić information content (AvgIpc) is 2.68. The number of aromatic nitrogens is 3. The largest absolute Gasteiger partial charge is 0.418 e. The summed E-state index contributed by atoms with van der Waals surface area (Å²) >= 11 is 5.66. The number of methoxy groups -OCH3 is 1. The van der Waals surface area contributed by atoms with E-state index in [1.54, 1.807) is 25.4 Å². The summed E-state index contributed by atoms with van der Waals surface area (Å²) in [5, 5.41) is 8.08. The third-order valence-electron chi connectivity index (χ3n) is 1.71. The smallest absolute Gasteiger partial charge is 0.249 e. The summed E-state index contributed by atoms with van der Waals surface area (Å²) in [4.78, 5) is 3.92. The Morgan fingerprint density at radius 3 is 2.93 bits per heavy atom. The van der Waals surface area contributed by atoms with E-state index in [1.165, 1.54) is 0 Å². The molecule has 2 rings (SSSR count). The number of ether oxygens (including phenoxy) is 1. The van der Waals surface area contributed by atoms with E-state index in [0.29, 0.717) is 23.5 Å². The van der Waals surface area contributed by atoms with Crippen molar-refractivity contribution in [1.82, 2.24) is 15.2 Å². The van der Waals surface area contributed by atoms with Crippen molar-refractivity contribution < 1.29 is 9.15 Å². The molecule has 6 heteroatoms. The topological polar surface area (TPSA) is 61.0 Å². The molecule has 2 aromatic heterocycles. The minimum Gasteiger partial charge on any atom is -0.418 e. The fraction of sp³-hybridized carbons (Fsp3) is 0.222. The predicted molar refractivity (Wildman–Crippen MR) is 53.3 cm³/mol. The highest BCUT2D eigenvalue weighted by atomic mass is 35.5. The minimum atomic E-state index is 0.300. The van der Waals surface area contributed by atoms with Crippen molar-refractivity contribution in [3.8, 4) is 11.5 Å². The monoisotopic (exact) mass is 225 g/mol. The number of hydrogen-bond acceptors (Lipinski definition) is 5. The highest BCUT2D eigenvalue weighted by molar-refractivity contribution is 6.29. The molecule has 0 aliphatic rings. The third kappa shape index (κ3) is 2.31. The molecule has 2 aromatic rings. The molecule has 0 amide bonds. The predicted octanol–water partition coefficient (Wildman–Crippen LogP) is 1.93. The zero-order valence-corrected chi connectivity index (χ0v) is 8.73. The summed E-state index contributed by atoms with van der Waals surface area (Å²) in [6.07, 6.45) is 1.58. The lowest BCUT2D eigenvalue weighted by Gasteiger charge is -1.93. The Bertz CT molecular complexity index is 441. The van der Waals surface area contributed by atoms with Crippen LogP contribution in [-0.4, -0.2) is 22.3 Å². The maximum Gasteiger partial charge on any atom is 0.249 e. The maximum absolute atomic E-state index is 5.66. The van der Waals surface area contributed by atoms with E-state index >= 15 is 0 Å². The van der Waals surface area contributed by atoms with Gasteiger partial charge in [-0.15, -0.1) is 10.2 Å². The van der Waals surface area contributed by atoms with Crippen molar-refractivity contribution in [1.29, 1.82) is 0 Å². The summed E-state index contributed by atoms with van der Waals surface area (Å²) in [6, 6.07) is 3.43. The quantitative estimate of drug-likeness (QED) is 0.747. The molecular weight excluding hydrogens is 218 g/mol. The SMILES string of the molecule is COCc1nnc(-c2ccc(Cl)nc2)o1. The van der Waals surface area contributed by atoms with Crippen LogP contribution in [0.15, 0.2) is 22.7 Å². The Morgan fingerprint density at radius 2 is 2.27 bits per heavy atom. The third-order valence-corrected chi connectivity index (χ3v) is 1.93. The molecule has 0 aliphatic heterocycles. The van der Waals surface area contributed by atoms with Crippen LogP contribution in [0.25, 0.3) is 11.5 Å². The van der Waals surface area contributed by atoms with Crippen LogP contribution in [-0.2, 0) is 11.3 Å². The van der Waals surface area contributed by atoms with Crippen LogP contribution in [0, 0.1) is 0 Å². The molecular formula is C9H8ClN3O2. The van der Waals surface area contributed by atoms with Crippen LogP contribution in [0.4, 0.5) is 0 Å². The summed E-state index contributed by atoms with van der Waals surface area (Å²) in [7, 11) is 1.56. The molecule has 0 aromatic carbocycles. The number of pyridine rings is 1. The molecule has 0 saturated carbocycles. The van der Waals surface area contributed by atoms with E-state index in [4.69, 9.17) is 20.8 Å². The molecule has 2 heterocycles. The van der Waals surface area contributed by atoms with Gasteiger partial charge < -0.3 is 9.15 Å². The normalized spacial score (nSPS) is 10.5. The molecule has 0 atom stereocenters. The second-order valence-corrected chi connectivity index (χ2v) is 3.19. The molecule has 0 radical (unpaired) electrons. The Morgan fingerprint density at radius 1 is 1.40 bits per heavy atom. The highest BCUT2D eigenvalue weighted by Crippen LogP contribution is 2.18. The van der Waals surface area contributed by atoms with E-state index in [-0.39, 0.29) is 0 Å². The minimum absolute atomic E-state index is 0.300. The molecule has 5 nitrogen and oxygen atoms in total. The molecule has 0 spiro atoms. The number of rotatable bonds is 3.